The van der Waals surface area contributed by atoms with Gasteiger partial charge in [-0.25, -0.2) is 0 Å². The van der Waals surface area contributed by atoms with E-state index in [1.165, 1.54) is 5.56 Å². The number of fused-ring (bicyclic) bond motifs is 1. The molecule has 5 heteroatoms. The van der Waals surface area contributed by atoms with Gasteiger partial charge in [-0.1, -0.05) is 6.07 Å². The lowest BCUT2D eigenvalue weighted by atomic mass is 9.69. The lowest BCUT2D eigenvalue weighted by Gasteiger charge is -2.37. The monoisotopic (exact) mass is 357 g/mol. The fraction of sp³-hybridized carbons (Fsp3) is 0.571. The minimum atomic E-state index is -0.0402. The summed E-state index contributed by atoms with van der Waals surface area (Å²) in [7, 11) is 3.33. The predicted molar refractivity (Wildman–Crippen MR) is 98.2 cm³/mol. The molecule has 3 aliphatic rings. The van der Waals surface area contributed by atoms with E-state index in [1.54, 1.807) is 14.2 Å². The van der Waals surface area contributed by atoms with Gasteiger partial charge in [0.25, 0.3) is 0 Å². The molecule has 0 aromatic heterocycles. The summed E-state index contributed by atoms with van der Waals surface area (Å²) in [6.07, 6.45) is 8.09. The molecule has 1 saturated heterocycles. The molecule has 1 N–H and O–H groups in total. The predicted octanol–water partition coefficient (Wildman–Crippen LogP) is 3.23. The number of allylic oxidation sites excluding steroid dienone is 1. The number of carbonyl (C=O) groups excluding carboxylic acids is 1. The summed E-state index contributed by atoms with van der Waals surface area (Å²) in [6.45, 7) is 0.998. The van der Waals surface area contributed by atoms with Crippen molar-refractivity contribution in [3.8, 4) is 11.5 Å². The van der Waals surface area contributed by atoms with Crippen LogP contribution in [0.1, 0.15) is 37.7 Å². The number of carbonyl (C=O) groups is 1. The molecular weight excluding hydrogens is 330 g/mol. The van der Waals surface area contributed by atoms with Crippen LogP contribution >= 0.6 is 0 Å². The fourth-order valence-corrected chi connectivity index (χ4v) is 4.31. The molecule has 4 rings (SSSR count). The zero-order valence-corrected chi connectivity index (χ0v) is 15.5. The Morgan fingerprint density at radius 3 is 2.73 bits per heavy atom. The Kier molecular flexibility index (Phi) is 4.65. The van der Waals surface area contributed by atoms with Crippen LogP contribution in [-0.4, -0.2) is 32.8 Å². The van der Waals surface area contributed by atoms with Gasteiger partial charge in [0.1, 0.15) is 5.76 Å². The number of esters is 1. The number of nitrogens with one attached hydrogen (secondary N) is 1. The Morgan fingerprint density at radius 2 is 2.00 bits per heavy atom. The molecule has 140 valence electrons. The molecular formula is C21H27NO4. The molecule has 1 aromatic rings. The summed E-state index contributed by atoms with van der Waals surface area (Å²) < 4.78 is 16.4. The average Bonchev–Trinajstić information content (AvgIpc) is 3.43. The highest BCUT2D eigenvalue weighted by Gasteiger charge is 2.44. The largest absolute Gasteiger partial charge is 0.493 e. The standard InChI is InChI=1S/C21H27NO4/c1-24-17-6-3-14(11-18(17)25-2)13-21-8-7-16(12-19(21)22-10-9-21)26-20(23)15-4-5-15/h3,6,11-12,15,19,22H,4-5,7-10,13H2,1-2H3/t19-,21+/m0/s1. The third kappa shape index (κ3) is 3.32. The van der Waals surface area contributed by atoms with Crippen LogP contribution < -0.4 is 14.8 Å². The smallest absolute Gasteiger partial charge is 0.313 e. The first-order valence-electron chi connectivity index (χ1n) is 9.50. The highest BCUT2D eigenvalue weighted by molar-refractivity contribution is 5.76. The van der Waals surface area contributed by atoms with Crippen molar-refractivity contribution in [2.24, 2.45) is 11.3 Å². The van der Waals surface area contributed by atoms with Crippen molar-refractivity contribution in [2.75, 3.05) is 20.8 Å². The van der Waals surface area contributed by atoms with Crippen molar-refractivity contribution in [1.29, 1.82) is 0 Å². The van der Waals surface area contributed by atoms with Gasteiger partial charge in [-0.2, -0.15) is 0 Å². The van der Waals surface area contributed by atoms with Gasteiger partial charge in [0.05, 0.1) is 20.1 Å². The zero-order valence-electron chi connectivity index (χ0n) is 15.5. The van der Waals surface area contributed by atoms with Gasteiger partial charge in [-0.3, -0.25) is 4.79 Å². The van der Waals surface area contributed by atoms with Crippen LogP contribution in [-0.2, 0) is 16.0 Å². The van der Waals surface area contributed by atoms with Gasteiger partial charge in [-0.05, 0) is 67.8 Å². The van der Waals surface area contributed by atoms with Crippen LogP contribution in [0.15, 0.2) is 30.0 Å². The van der Waals surface area contributed by atoms with E-state index in [2.05, 4.69) is 23.5 Å². The number of hydrogen-bond acceptors (Lipinski definition) is 5. The molecule has 0 unspecified atom stereocenters. The van der Waals surface area contributed by atoms with Crippen LogP contribution in [0.25, 0.3) is 0 Å². The van der Waals surface area contributed by atoms with E-state index in [1.807, 2.05) is 6.07 Å². The third-order valence-corrected chi connectivity index (χ3v) is 6.02. The maximum absolute atomic E-state index is 12.0. The van der Waals surface area contributed by atoms with Gasteiger partial charge < -0.3 is 19.5 Å². The number of methoxy groups -OCH3 is 2. The SMILES string of the molecule is COc1ccc(C[C@@]23CCN[C@H]2C=C(OC(=O)C2CC2)CC3)cc1OC. The molecule has 1 heterocycles. The minimum absolute atomic E-state index is 0.0402. The minimum Gasteiger partial charge on any atom is -0.493 e. The van der Waals surface area contributed by atoms with Crippen molar-refractivity contribution in [3.63, 3.8) is 0 Å². The Hall–Kier alpha value is -2.01. The van der Waals surface area contributed by atoms with E-state index in [4.69, 9.17) is 14.2 Å². The summed E-state index contributed by atoms with van der Waals surface area (Å²) in [4.78, 5) is 12.0. The second-order valence-corrected chi connectivity index (χ2v) is 7.74. The van der Waals surface area contributed by atoms with Crippen LogP contribution in [0.3, 0.4) is 0 Å². The molecule has 1 saturated carbocycles. The normalized spacial score (nSPS) is 27.5. The zero-order chi connectivity index (χ0) is 18.1. The van der Waals surface area contributed by atoms with E-state index >= 15 is 0 Å². The maximum Gasteiger partial charge on any atom is 0.313 e. The second kappa shape index (κ2) is 6.95. The van der Waals surface area contributed by atoms with E-state index in [-0.39, 0.29) is 23.3 Å². The Labute approximate surface area is 154 Å². The molecule has 1 aromatic carbocycles. The third-order valence-electron chi connectivity index (χ3n) is 6.02. The van der Waals surface area contributed by atoms with Gasteiger partial charge in [0.2, 0.25) is 0 Å². The lowest BCUT2D eigenvalue weighted by Crippen LogP contribution is -2.40. The molecule has 5 nitrogen and oxygen atoms in total. The lowest BCUT2D eigenvalue weighted by molar-refractivity contribution is -0.141. The Bertz CT molecular complexity index is 725. The van der Waals surface area contributed by atoms with Crippen molar-refractivity contribution in [3.05, 3.63) is 35.6 Å². The summed E-state index contributed by atoms with van der Waals surface area (Å²) in [6, 6.07) is 6.43. The number of benzene rings is 1. The van der Waals surface area contributed by atoms with Gasteiger partial charge in [-0.15, -0.1) is 0 Å². The molecule has 26 heavy (non-hydrogen) atoms. The van der Waals surface area contributed by atoms with Crippen LogP contribution in [0.5, 0.6) is 11.5 Å². The van der Waals surface area contributed by atoms with Gasteiger partial charge in [0, 0.05) is 12.5 Å². The highest BCUT2D eigenvalue weighted by Crippen LogP contribution is 2.45. The summed E-state index contributed by atoms with van der Waals surface area (Å²) in [5.74, 6) is 2.48. The van der Waals surface area contributed by atoms with Crippen molar-refractivity contribution < 1.29 is 19.0 Å². The Morgan fingerprint density at radius 1 is 1.19 bits per heavy atom. The van der Waals surface area contributed by atoms with E-state index < -0.39 is 0 Å². The van der Waals surface area contributed by atoms with Crippen LogP contribution in [0, 0.1) is 11.3 Å². The number of ether oxygens (including phenoxy) is 3. The van der Waals surface area contributed by atoms with E-state index in [9.17, 15) is 4.79 Å². The average molecular weight is 357 g/mol. The summed E-state index contributed by atoms with van der Waals surface area (Å²) in [5, 5.41) is 3.60. The van der Waals surface area contributed by atoms with Crippen molar-refractivity contribution in [2.45, 2.75) is 44.6 Å². The van der Waals surface area contributed by atoms with E-state index in [0.717, 1.165) is 62.3 Å². The molecule has 0 bridgehead atoms. The van der Waals surface area contributed by atoms with Crippen molar-refractivity contribution >= 4 is 5.97 Å². The maximum atomic E-state index is 12.0. The first-order chi connectivity index (χ1) is 12.6. The second-order valence-electron chi connectivity index (χ2n) is 7.74. The van der Waals surface area contributed by atoms with Crippen LogP contribution in [0.4, 0.5) is 0 Å². The summed E-state index contributed by atoms with van der Waals surface area (Å²) >= 11 is 0. The van der Waals surface area contributed by atoms with Gasteiger partial charge in [0.15, 0.2) is 11.5 Å². The quantitative estimate of drug-likeness (QED) is 0.792. The Balaban J connectivity index is 1.50. The molecule has 2 atom stereocenters. The number of rotatable bonds is 6. The van der Waals surface area contributed by atoms with E-state index in [0.29, 0.717) is 0 Å². The molecule has 0 radical (unpaired) electrons. The van der Waals surface area contributed by atoms with Crippen molar-refractivity contribution in [1.82, 2.24) is 5.32 Å². The van der Waals surface area contributed by atoms with Gasteiger partial charge >= 0.3 is 5.97 Å². The van der Waals surface area contributed by atoms with Crippen LogP contribution in [0.2, 0.25) is 0 Å². The topological polar surface area (TPSA) is 56.8 Å². The summed E-state index contributed by atoms with van der Waals surface area (Å²) in [5.41, 5.74) is 1.43. The first kappa shape index (κ1) is 17.4. The molecule has 2 aliphatic carbocycles. The first-order valence-corrected chi connectivity index (χ1v) is 9.50. The molecule has 0 amide bonds. The molecule has 1 aliphatic heterocycles. The number of hydrogen-bond donors (Lipinski definition) is 1. The molecule has 2 fully saturated rings. The molecule has 0 spiro atoms. The highest BCUT2D eigenvalue weighted by atomic mass is 16.5. The fourth-order valence-electron chi connectivity index (χ4n) is 4.31.